The zero-order chi connectivity index (χ0) is 15.9. The van der Waals surface area contributed by atoms with Gasteiger partial charge in [-0.1, -0.05) is 12.8 Å². The van der Waals surface area contributed by atoms with E-state index < -0.39 is 0 Å². The quantitative estimate of drug-likeness (QED) is 0.932. The van der Waals surface area contributed by atoms with Crippen LogP contribution in [0.5, 0.6) is 0 Å². The van der Waals surface area contributed by atoms with Crippen molar-refractivity contribution in [2.24, 2.45) is 17.3 Å². The standard InChI is InChI=1S/C18H23N3O2/c22-16(20-14-6-3-8-19-11-14)15-10-18(15)7-9-21(12-18)17(23)13-4-1-2-5-13/h3,6,8,11,13,15H,1-2,4-5,7,9-10,12H2,(H,20,22)/t15-,18+/m0/s1. The van der Waals surface area contributed by atoms with Gasteiger partial charge in [-0.15, -0.1) is 0 Å². The molecule has 2 amide bonds. The summed E-state index contributed by atoms with van der Waals surface area (Å²) < 4.78 is 0. The number of carbonyl (C=O) groups excluding carboxylic acids is 2. The Morgan fingerprint density at radius 2 is 2.13 bits per heavy atom. The molecule has 5 heteroatoms. The smallest absolute Gasteiger partial charge is 0.228 e. The fraction of sp³-hybridized carbons (Fsp3) is 0.611. The van der Waals surface area contributed by atoms with Gasteiger partial charge in [0.05, 0.1) is 11.9 Å². The molecule has 1 N–H and O–H groups in total. The van der Waals surface area contributed by atoms with Crippen molar-refractivity contribution in [1.29, 1.82) is 0 Å². The van der Waals surface area contributed by atoms with Gasteiger partial charge >= 0.3 is 0 Å². The molecule has 1 aromatic heterocycles. The Bertz CT molecular complexity index is 612. The Morgan fingerprint density at radius 3 is 2.87 bits per heavy atom. The minimum Gasteiger partial charge on any atom is -0.342 e. The van der Waals surface area contributed by atoms with E-state index in [0.29, 0.717) is 5.91 Å². The number of rotatable bonds is 3. The van der Waals surface area contributed by atoms with Crippen LogP contribution in [0.4, 0.5) is 5.69 Å². The van der Waals surface area contributed by atoms with Gasteiger partial charge in [-0.2, -0.15) is 0 Å². The Hall–Kier alpha value is -1.91. The number of carbonyl (C=O) groups is 2. The largest absolute Gasteiger partial charge is 0.342 e. The molecule has 0 unspecified atom stereocenters. The SMILES string of the molecule is O=C(Nc1cccnc1)[C@@H]1C[C@@]12CCN(C(=O)C1CCCC1)C2. The molecule has 0 bridgehead atoms. The van der Waals surface area contributed by atoms with Gasteiger partial charge < -0.3 is 10.2 Å². The first-order valence-corrected chi connectivity index (χ1v) is 8.68. The van der Waals surface area contributed by atoms with Gasteiger partial charge in [0.1, 0.15) is 0 Å². The third kappa shape index (κ3) is 2.73. The molecule has 2 aliphatic carbocycles. The van der Waals surface area contributed by atoms with E-state index in [9.17, 15) is 9.59 Å². The van der Waals surface area contributed by atoms with Crippen LogP contribution in [-0.4, -0.2) is 34.8 Å². The molecule has 4 rings (SSSR count). The molecule has 1 aromatic rings. The van der Waals surface area contributed by atoms with Gasteiger partial charge in [0, 0.05) is 36.5 Å². The van der Waals surface area contributed by atoms with Gasteiger partial charge in [-0.3, -0.25) is 14.6 Å². The van der Waals surface area contributed by atoms with Crippen molar-refractivity contribution in [3.05, 3.63) is 24.5 Å². The van der Waals surface area contributed by atoms with E-state index in [2.05, 4.69) is 10.3 Å². The summed E-state index contributed by atoms with van der Waals surface area (Å²) in [6.45, 7) is 1.60. The lowest BCUT2D eigenvalue weighted by Gasteiger charge is -2.20. The molecular formula is C18H23N3O2. The van der Waals surface area contributed by atoms with Crippen molar-refractivity contribution >= 4 is 17.5 Å². The molecule has 1 aliphatic heterocycles. The minimum atomic E-state index is 0.0422. The Morgan fingerprint density at radius 1 is 1.30 bits per heavy atom. The van der Waals surface area contributed by atoms with Crippen LogP contribution in [0.15, 0.2) is 24.5 Å². The summed E-state index contributed by atoms with van der Waals surface area (Å²) in [5.41, 5.74) is 0.789. The molecule has 2 atom stereocenters. The maximum Gasteiger partial charge on any atom is 0.228 e. The lowest BCUT2D eigenvalue weighted by molar-refractivity contribution is -0.134. The molecule has 5 nitrogen and oxygen atoms in total. The van der Waals surface area contributed by atoms with Crippen LogP contribution in [-0.2, 0) is 9.59 Å². The van der Waals surface area contributed by atoms with Crippen LogP contribution in [0, 0.1) is 17.3 Å². The van der Waals surface area contributed by atoms with E-state index in [1.807, 2.05) is 17.0 Å². The predicted octanol–water partition coefficient (Wildman–Crippen LogP) is 2.45. The van der Waals surface area contributed by atoms with Crippen molar-refractivity contribution < 1.29 is 9.59 Å². The lowest BCUT2D eigenvalue weighted by atomic mass is 10.0. The second-order valence-corrected chi connectivity index (χ2v) is 7.34. The van der Waals surface area contributed by atoms with Crippen LogP contribution in [0.2, 0.25) is 0 Å². The van der Waals surface area contributed by atoms with E-state index >= 15 is 0 Å². The number of likely N-dealkylation sites (tertiary alicyclic amines) is 1. The first-order chi connectivity index (χ1) is 11.2. The molecule has 2 saturated carbocycles. The highest BCUT2D eigenvalue weighted by Gasteiger charge is 2.61. The highest BCUT2D eigenvalue weighted by Crippen LogP contribution is 2.59. The highest BCUT2D eigenvalue weighted by molar-refractivity contribution is 5.95. The fourth-order valence-corrected chi connectivity index (χ4v) is 4.35. The highest BCUT2D eigenvalue weighted by atomic mass is 16.2. The number of anilines is 1. The number of nitrogens with one attached hydrogen (secondary N) is 1. The molecule has 0 aromatic carbocycles. The summed E-state index contributed by atoms with van der Waals surface area (Å²) in [5, 5.41) is 2.95. The number of pyridine rings is 1. The Labute approximate surface area is 136 Å². The predicted molar refractivity (Wildman–Crippen MR) is 86.6 cm³/mol. The van der Waals surface area contributed by atoms with E-state index in [1.165, 1.54) is 12.8 Å². The number of nitrogens with zero attached hydrogens (tertiary/aromatic N) is 2. The average molecular weight is 313 g/mol. The molecule has 1 saturated heterocycles. The lowest BCUT2D eigenvalue weighted by Crippen LogP contribution is -2.34. The van der Waals surface area contributed by atoms with Crippen molar-refractivity contribution in [3.63, 3.8) is 0 Å². The van der Waals surface area contributed by atoms with Crippen LogP contribution >= 0.6 is 0 Å². The van der Waals surface area contributed by atoms with Gasteiger partial charge in [-0.05, 0) is 37.8 Å². The zero-order valence-corrected chi connectivity index (χ0v) is 13.3. The fourth-order valence-electron chi connectivity index (χ4n) is 4.35. The molecule has 0 radical (unpaired) electrons. The number of hydrogen-bond donors (Lipinski definition) is 1. The monoisotopic (exact) mass is 313 g/mol. The van der Waals surface area contributed by atoms with Gasteiger partial charge in [0.15, 0.2) is 0 Å². The average Bonchev–Trinajstić information content (AvgIpc) is 2.94. The van der Waals surface area contributed by atoms with Crippen LogP contribution in [0.25, 0.3) is 0 Å². The van der Waals surface area contributed by atoms with Gasteiger partial charge in [0.2, 0.25) is 11.8 Å². The molecule has 122 valence electrons. The summed E-state index contributed by atoms with van der Waals surface area (Å²) in [6, 6.07) is 3.67. The maximum atomic E-state index is 12.5. The van der Waals surface area contributed by atoms with Crippen LogP contribution in [0.3, 0.4) is 0 Å². The third-order valence-corrected chi connectivity index (χ3v) is 5.84. The molecule has 3 fully saturated rings. The number of aromatic nitrogens is 1. The molecule has 3 aliphatic rings. The summed E-state index contributed by atoms with van der Waals surface area (Å²) in [7, 11) is 0. The molecule has 23 heavy (non-hydrogen) atoms. The third-order valence-electron chi connectivity index (χ3n) is 5.84. The maximum absolute atomic E-state index is 12.5. The van der Waals surface area contributed by atoms with Crippen LogP contribution < -0.4 is 5.32 Å². The van der Waals surface area contributed by atoms with Crippen molar-refractivity contribution in [3.8, 4) is 0 Å². The van der Waals surface area contributed by atoms with Crippen molar-refractivity contribution in [2.75, 3.05) is 18.4 Å². The van der Waals surface area contributed by atoms with Gasteiger partial charge in [-0.25, -0.2) is 0 Å². The topological polar surface area (TPSA) is 62.3 Å². The molecule has 1 spiro atoms. The van der Waals surface area contributed by atoms with Crippen molar-refractivity contribution in [2.45, 2.75) is 38.5 Å². The Balaban J connectivity index is 1.35. The van der Waals surface area contributed by atoms with Crippen molar-refractivity contribution in [1.82, 2.24) is 9.88 Å². The van der Waals surface area contributed by atoms with E-state index in [1.54, 1.807) is 12.4 Å². The number of amides is 2. The molecular weight excluding hydrogens is 290 g/mol. The summed E-state index contributed by atoms with van der Waals surface area (Å²) >= 11 is 0. The van der Waals surface area contributed by atoms with E-state index in [0.717, 1.165) is 44.5 Å². The second-order valence-electron chi connectivity index (χ2n) is 7.34. The minimum absolute atomic E-state index is 0.0422. The number of hydrogen-bond acceptors (Lipinski definition) is 3. The summed E-state index contributed by atoms with van der Waals surface area (Å²) in [6.07, 6.45) is 9.71. The normalized spacial score (nSPS) is 29.9. The first-order valence-electron chi connectivity index (χ1n) is 8.68. The summed E-state index contributed by atoms with van der Waals surface area (Å²) in [4.78, 5) is 31.0. The van der Waals surface area contributed by atoms with Crippen LogP contribution in [0.1, 0.15) is 38.5 Å². The van der Waals surface area contributed by atoms with E-state index in [-0.39, 0.29) is 23.2 Å². The molecule has 2 heterocycles. The zero-order valence-electron chi connectivity index (χ0n) is 13.3. The van der Waals surface area contributed by atoms with Gasteiger partial charge in [0.25, 0.3) is 0 Å². The van der Waals surface area contributed by atoms with E-state index in [4.69, 9.17) is 0 Å². The summed E-state index contributed by atoms with van der Waals surface area (Å²) in [5.74, 6) is 0.696. The Kier molecular flexibility index (Phi) is 3.58. The first kappa shape index (κ1) is 14.7. The second kappa shape index (κ2) is 5.62.